The van der Waals surface area contributed by atoms with Crippen LogP contribution in [-0.2, 0) is 11.4 Å². The fourth-order valence-corrected chi connectivity index (χ4v) is 2.94. The van der Waals surface area contributed by atoms with Crippen LogP contribution in [0.2, 0.25) is 0 Å². The molecule has 0 radical (unpaired) electrons. The molecule has 138 valence electrons. The van der Waals surface area contributed by atoms with Gasteiger partial charge in [0.1, 0.15) is 12.4 Å². The molecule has 0 spiro atoms. The second-order valence-corrected chi connectivity index (χ2v) is 6.33. The molecule has 1 amide bonds. The standard InChI is InChI=1S/C23H18N2O3/c26-22(20-14-24-21-9-5-4-8-19(20)21)23(27)25-17-10-12-18(13-11-17)28-15-16-6-2-1-3-7-16/h1-14,24H,15H2,(H,25,27). The van der Waals surface area contributed by atoms with E-state index < -0.39 is 11.7 Å². The molecule has 0 aliphatic rings. The molecule has 3 aromatic carbocycles. The van der Waals surface area contributed by atoms with E-state index in [1.165, 1.54) is 0 Å². The maximum absolute atomic E-state index is 12.5. The number of aromatic nitrogens is 1. The van der Waals surface area contributed by atoms with E-state index in [2.05, 4.69) is 10.3 Å². The lowest BCUT2D eigenvalue weighted by molar-refractivity contribution is -0.112. The number of anilines is 1. The van der Waals surface area contributed by atoms with Crippen molar-refractivity contribution in [2.45, 2.75) is 6.61 Å². The zero-order valence-electron chi connectivity index (χ0n) is 15.0. The lowest BCUT2D eigenvalue weighted by Crippen LogP contribution is -2.22. The molecule has 28 heavy (non-hydrogen) atoms. The van der Waals surface area contributed by atoms with E-state index in [0.717, 1.165) is 16.5 Å². The van der Waals surface area contributed by atoms with Crippen molar-refractivity contribution in [2.75, 3.05) is 5.32 Å². The molecule has 0 saturated carbocycles. The number of carbonyl (C=O) groups is 2. The molecule has 5 heteroatoms. The maximum Gasteiger partial charge on any atom is 0.296 e. The summed E-state index contributed by atoms with van der Waals surface area (Å²) < 4.78 is 5.72. The number of rotatable bonds is 6. The van der Waals surface area contributed by atoms with Gasteiger partial charge in [-0.3, -0.25) is 9.59 Å². The largest absolute Gasteiger partial charge is 0.489 e. The van der Waals surface area contributed by atoms with Crippen LogP contribution < -0.4 is 10.1 Å². The van der Waals surface area contributed by atoms with E-state index in [0.29, 0.717) is 23.6 Å². The molecule has 2 N–H and O–H groups in total. The fraction of sp³-hybridized carbons (Fsp3) is 0.0435. The Kier molecular flexibility index (Phi) is 4.89. The van der Waals surface area contributed by atoms with Crippen LogP contribution in [-0.4, -0.2) is 16.7 Å². The van der Waals surface area contributed by atoms with Crippen LogP contribution in [0, 0.1) is 0 Å². The zero-order chi connectivity index (χ0) is 19.3. The Balaban J connectivity index is 1.39. The Bertz CT molecular complexity index is 1120. The van der Waals surface area contributed by atoms with Gasteiger partial charge in [0.2, 0.25) is 0 Å². The Morgan fingerprint density at radius 3 is 2.36 bits per heavy atom. The summed E-state index contributed by atoms with van der Waals surface area (Å²) in [5, 5.41) is 3.37. The highest BCUT2D eigenvalue weighted by atomic mass is 16.5. The van der Waals surface area contributed by atoms with Gasteiger partial charge in [0.25, 0.3) is 11.7 Å². The first-order chi connectivity index (χ1) is 13.7. The second kappa shape index (κ2) is 7.80. The molecular weight excluding hydrogens is 352 g/mol. The van der Waals surface area contributed by atoms with E-state index in [1.54, 1.807) is 30.5 Å². The van der Waals surface area contributed by atoms with Gasteiger partial charge in [0.15, 0.2) is 0 Å². The second-order valence-electron chi connectivity index (χ2n) is 6.33. The summed E-state index contributed by atoms with van der Waals surface area (Å²) in [6.45, 7) is 0.464. The molecular formula is C23H18N2O3. The zero-order valence-corrected chi connectivity index (χ0v) is 15.0. The van der Waals surface area contributed by atoms with Crippen molar-refractivity contribution in [3.8, 4) is 5.75 Å². The van der Waals surface area contributed by atoms with Crippen molar-refractivity contribution in [1.29, 1.82) is 0 Å². The van der Waals surface area contributed by atoms with Gasteiger partial charge in [-0.25, -0.2) is 0 Å². The van der Waals surface area contributed by atoms with Gasteiger partial charge < -0.3 is 15.0 Å². The van der Waals surface area contributed by atoms with Crippen molar-refractivity contribution in [3.63, 3.8) is 0 Å². The Morgan fingerprint density at radius 2 is 1.57 bits per heavy atom. The third kappa shape index (κ3) is 3.78. The number of Topliss-reactive ketones (excluding diaryl/α,β-unsaturated/α-hetero) is 1. The highest BCUT2D eigenvalue weighted by Crippen LogP contribution is 2.20. The smallest absolute Gasteiger partial charge is 0.296 e. The molecule has 0 atom stereocenters. The van der Waals surface area contributed by atoms with E-state index in [9.17, 15) is 9.59 Å². The summed E-state index contributed by atoms with van der Waals surface area (Å²) in [7, 11) is 0. The number of para-hydroxylation sites is 1. The number of amides is 1. The number of aromatic amines is 1. The normalized spacial score (nSPS) is 10.6. The quantitative estimate of drug-likeness (QED) is 0.386. The molecule has 0 aliphatic carbocycles. The number of ketones is 1. The van der Waals surface area contributed by atoms with E-state index in [1.807, 2.05) is 54.6 Å². The molecule has 4 aromatic rings. The number of carbonyl (C=O) groups excluding carboxylic acids is 2. The SMILES string of the molecule is O=C(Nc1ccc(OCc2ccccc2)cc1)C(=O)c1c[nH]c2ccccc12. The predicted molar refractivity (Wildman–Crippen MR) is 108 cm³/mol. The number of nitrogens with one attached hydrogen (secondary N) is 2. The minimum Gasteiger partial charge on any atom is -0.489 e. The van der Waals surface area contributed by atoms with Gasteiger partial charge in [0.05, 0.1) is 5.56 Å². The van der Waals surface area contributed by atoms with Gasteiger partial charge in [-0.2, -0.15) is 0 Å². The number of benzene rings is 3. The van der Waals surface area contributed by atoms with Crippen LogP contribution in [0.3, 0.4) is 0 Å². The number of fused-ring (bicyclic) bond motifs is 1. The molecule has 4 rings (SSSR count). The van der Waals surface area contributed by atoms with Crippen LogP contribution in [0.1, 0.15) is 15.9 Å². The Morgan fingerprint density at radius 1 is 0.857 bits per heavy atom. The van der Waals surface area contributed by atoms with E-state index in [4.69, 9.17) is 4.74 Å². The summed E-state index contributed by atoms with van der Waals surface area (Å²) in [5.41, 5.74) is 2.78. The highest BCUT2D eigenvalue weighted by molar-refractivity contribution is 6.48. The number of hydrogen-bond acceptors (Lipinski definition) is 3. The lowest BCUT2D eigenvalue weighted by Gasteiger charge is -2.08. The topological polar surface area (TPSA) is 71.2 Å². The Hall–Kier alpha value is -3.86. The number of H-pyrrole nitrogens is 1. The summed E-state index contributed by atoms with van der Waals surface area (Å²) in [6.07, 6.45) is 1.56. The minimum atomic E-state index is -0.678. The summed E-state index contributed by atoms with van der Waals surface area (Å²) in [4.78, 5) is 27.8. The van der Waals surface area contributed by atoms with Crippen LogP contribution in [0.5, 0.6) is 5.75 Å². The van der Waals surface area contributed by atoms with Crippen LogP contribution in [0.25, 0.3) is 10.9 Å². The van der Waals surface area contributed by atoms with Crippen molar-refractivity contribution in [1.82, 2.24) is 4.98 Å². The predicted octanol–water partition coefficient (Wildman–Crippen LogP) is 4.57. The average molecular weight is 370 g/mol. The van der Waals surface area contributed by atoms with E-state index in [-0.39, 0.29) is 0 Å². The maximum atomic E-state index is 12.5. The molecule has 0 unspecified atom stereocenters. The molecule has 1 heterocycles. The molecule has 0 bridgehead atoms. The summed E-state index contributed by atoms with van der Waals surface area (Å²) in [5.74, 6) is -0.575. The van der Waals surface area contributed by atoms with Gasteiger partial charge in [0, 0.05) is 22.8 Å². The average Bonchev–Trinajstić information content (AvgIpc) is 3.17. The summed E-state index contributed by atoms with van der Waals surface area (Å²) >= 11 is 0. The minimum absolute atomic E-state index is 0.357. The molecule has 0 fully saturated rings. The lowest BCUT2D eigenvalue weighted by atomic mass is 10.1. The summed E-state index contributed by atoms with van der Waals surface area (Å²) in [6, 6.07) is 24.2. The van der Waals surface area contributed by atoms with Crippen LogP contribution >= 0.6 is 0 Å². The van der Waals surface area contributed by atoms with Crippen molar-refractivity contribution >= 4 is 28.3 Å². The van der Waals surface area contributed by atoms with Crippen LogP contribution in [0.4, 0.5) is 5.69 Å². The van der Waals surface area contributed by atoms with Crippen molar-refractivity contribution in [2.24, 2.45) is 0 Å². The first kappa shape index (κ1) is 17.5. The van der Waals surface area contributed by atoms with E-state index >= 15 is 0 Å². The number of ether oxygens (including phenoxy) is 1. The van der Waals surface area contributed by atoms with Gasteiger partial charge in [-0.1, -0.05) is 48.5 Å². The molecule has 0 aliphatic heterocycles. The van der Waals surface area contributed by atoms with Gasteiger partial charge in [-0.05, 0) is 35.9 Å². The van der Waals surface area contributed by atoms with Crippen molar-refractivity contribution < 1.29 is 14.3 Å². The number of hydrogen-bond donors (Lipinski definition) is 2. The van der Waals surface area contributed by atoms with Gasteiger partial charge >= 0.3 is 0 Å². The highest BCUT2D eigenvalue weighted by Gasteiger charge is 2.19. The first-order valence-corrected chi connectivity index (χ1v) is 8.89. The first-order valence-electron chi connectivity index (χ1n) is 8.89. The monoisotopic (exact) mass is 370 g/mol. The third-order valence-corrected chi connectivity index (χ3v) is 4.40. The molecule has 5 nitrogen and oxygen atoms in total. The molecule has 0 saturated heterocycles. The third-order valence-electron chi connectivity index (χ3n) is 4.40. The van der Waals surface area contributed by atoms with Crippen molar-refractivity contribution in [3.05, 3.63) is 96.2 Å². The fourth-order valence-electron chi connectivity index (χ4n) is 2.94. The van der Waals surface area contributed by atoms with Gasteiger partial charge in [-0.15, -0.1) is 0 Å². The van der Waals surface area contributed by atoms with Crippen LogP contribution in [0.15, 0.2) is 85.1 Å². The Labute approximate surface area is 162 Å². The molecule has 1 aromatic heterocycles.